The summed E-state index contributed by atoms with van der Waals surface area (Å²) in [7, 11) is 1.59. The second kappa shape index (κ2) is 5.53. The number of carboxylic acids is 1. The predicted octanol–water partition coefficient (Wildman–Crippen LogP) is 1.16. The molecule has 23 heavy (non-hydrogen) atoms. The van der Waals surface area contributed by atoms with E-state index in [1.54, 1.807) is 12.0 Å². The number of carboxylic acid groups (broad SMARTS) is 1. The molecule has 0 unspecified atom stereocenters. The van der Waals surface area contributed by atoms with E-state index in [9.17, 15) is 14.7 Å². The summed E-state index contributed by atoms with van der Waals surface area (Å²) in [6, 6.07) is 7.53. The van der Waals surface area contributed by atoms with E-state index in [1.807, 2.05) is 24.3 Å². The summed E-state index contributed by atoms with van der Waals surface area (Å²) in [6.07, 6.45) is 1.67. The third-order valence-corrected chi connectivity index (χ3v) is 5.06. The van der Waals surface area contributed by atoms with Gasteiger partial charge in [0.2, 0.25) is 5.91 Å². The molecule has 1 aromatic carbocycles. The van der Waals surface area contributed by atoms with Crippen LogP contribution in [0.3, 0.4) is 0 Å². The van der Waals surface area contributed by atoms with Gasteiger partial charge in [-0.15, -0.1) is 0 Å². The summed E-state index contributed by atoms with van der Waals surface area (Å²) in [4.78, 5) is 25.7. The summed E-state index contributed by atoms with van der Waals surface area (Å²) in [6.45, 7) is 0.525. The van der Waals surface area contributed by atoms with Gasteiger partial charge >= 0.3 is 5.97 Å². The van der Waals surface area contributed by atoms with Crippen molar-refractivity contribution in [3.8, 4) is 5.75 Å². The first kappa shape index (κ1) is 15.8. The van der Waals surface area contributed by atoms with Crippen molar-refractivity contribution in [3.63, 3.8) is 0 Å². The van der Waals surface area contributed by atoms with Crippen LogP contribution >= 0.6 is 0 Å². The third-order valence-electron chi connectivity index (χ3n) is 5.06. The molecule has 0 aromatic heterocycles. The Hall–Kier alpha value is -2.08. The zero-order valence-electron chi connectivity index (χ0n) is 13.1. The molecule has 1 heterocycles. The Balaban J connectivity index is 1.78. The number of carbonyl (C=O) groups is 2. The average molecular weight is 319 g/mol. The number of para-hydroxylation sites is 1. The van der Waals surface area contributed by atoms with Gasteiger partial charge in [-0.05, 0) is 18.9 Å². The lowest BCUT2D eigenvalue weighted by Gasteiger charge is -2.37. The van der Waals surface area contributed by atoms with Crippen LogP contribution < -0.4 is 4.74 Å². The van der Waals surface area contributed by atoms with Crippen molar-refractivity contribution >= 4 is 11.9 Å². The molecule has 1 saturated heterocycles. The second-order valence-electron chi connectivity index (χ2n) is 6.41. The first-order chi connectivity index (χ1) is 10.9. The van der Waals surface area contributed by atoms with Crippen LogP contribution in [0.5, 0.6) is 5.75 Å². The largest absolute Gasteiger partial charge is 0.496 e. The second-order valence-corrected chi connectivity index (χ2v) is 6.41. The van der Waals surface area contributed by atoms with Crippen LogP contribution in [0, 0.1) is 0 Å². The van der Waals surface area contributed by atoms with Crippen molar-refractivity contribution in [3.05, 3.63) is 29.8 Å². The number of hydrogen-bond acceptors (Lipinski definition) is 4. The fourth-order valence-corrected chi connectivity index (χ4v) is 3.36. The van der Waals surface area contributed by atoms with Gasteiger partial charge in [-0.2, -0.15) is 0 Å². The van der Waals surface area contributed by atoms with Crippen molar-refractivity contribution in [2.24, 2.45) is 0 Å². The Morgan fingerprint density at radius 2 is 1.74 bits per heavy atom. The van der Waals surface area contributed by atoms with Gasteiger partial charge < -0.3 is 19.8 Å². The Morgan fingerprint density at radius 3 is 2.26 bits per heavy atom. The van der Waals surface area contributed by atoms with Gasteiger partial charge in [0.15, 0.2) is 5.60 Å². The van der Waals surface area contributed by atoms with Crippen LogP contribution in [0.1, 0.15) is 31.2 Å². The lowest BCUT2D eigenvalue weighted by Crippen LogP contribution is -2.52. The number of aliphatic carboxylic acids is 1. The lowest BCUT2D eigenvalue weighted by molar-refractivity contribution is -0.165. The van der Waals surface area contributed by atoms with E-state index in [1.165, 1.54) is 0 Å². The summed E-state index contributed by atoms with van der Waals surface area (Å²) in [5, 5.41) is 19.1. The quantitative estimate of drug-likeness (QED) is 0.870. The first-order valence-corrected chi connectivity index (χ1v) is 7.82. The van der Waals surface area contributed by atoms with Crippen molar-refractivity contribution in [1.29, 1.82) is 0 Å². The minimum Gasteiger partial charge on any atom is -0.496 e. The molecule has 6 heteroatoms. The molecule has 2 N–H and O–H groups in total. The van der Waals surface area contributed by atoms with Crippen LogP contribution in [-0.2, 0) is 15.0 Å². The Bertz CT molecular complexity index is 630. The minimum atomic E-state index is -1.71. The monoisotopic (exact) mass is 319 g/mol. The number of carbonyl (C=O) groups excluding carboxylic acids is 1. The average Bonchev–Trinajstić information content (AvgIpc) is 3.36. The van der Waals surface area contributed by atoms with E-state index in [4.69, 9.17) is 9.84 Å². The summed E-state index contributed by atoms with van der Waals surface area (Å²) in [5.74, 6) is -0.498. The molecule has 1 aromatic rings. The highest BCUT2D eigenvalue weighted by Gasteiger charge is 2.55. The Kier molecular flexibility index (Phi) is 3.80. The van der Waals surface area contributed by atoms with Crippen LogP contribution in [0.4, 0.5) is 0 Å². The van der Waals surface area contributed by atoms with Crippen molar-refractivity contribution in [2.75, 3.05) is 20.2 Å². The van der Waals surface area contributed by atoms with Gasteiger partial charge in [-0.25, -0.2) is 4.79 Å². The van der Waals surface area contributed by atoms with E-state index in [0.717, 1.165) is 18.4 Å². The number of likely N-dealkylation sites (tertiary alicyclic amines) is 1. The van der Waals surface area contributed by atoms with E-state index >= 15 is 0 Å². The van der Waals surface area contributed by atoms with Gasteiger partial charge in [-0.3, -0.25) is 4.79 Å². The standard InChI is InChI=1S/C17H21NO5/c1-23-13-5-3-2-4-12(13)16(6-7-16)14(19)18-10-8-17(22,9-11-18)15(20)21/h2-5,22H,6-11H2,1H3,(H,20,21). The van der Waals surface area contributed by atoms with Gasteiger partial charge in [0.25, 0.3) is 0 Å². The summed E-state index contributed by atoms with van der Waals surface area (Å²) < 4.78 is 5.39. The van der Waals surface area contributed by atoms with Crippen molar-refractivity contribution < 1.29 is 24.5 Å². The molecule has 0 bridgehead atoms. The Labute approximate surface area is 134 Å². The molecular weight excluding hydrogens is 298 g/mol. The zero-order chi connectivity index (χ0) is 16.7. The maximum Gasteiger partial charge on any atom is 0.335 e. The highest BCUT2D eigenvalue weighted by atomic mass is 16.5. The Morgan fingerprint density at radius 1 is 1.13 bits per heavy atom. The molecule has 1 aliphatic carbocycles. The number of aliphatic hydroxyl groups is 1. The van der Waals surface area contributed by atoms with Crippen LogP contribution in [0.15, 0.2) is 24.3 Å². The number of rotatable bonds is 4. The number of hydrogen-bond donors (Lipinski definition) is 2. The normalized spacial score (nSPS) is 21.6. The maximum atomic E-state index is 13.0. The molecular formula is C17H21NO5. The fraction of sp³-hybridized carbons (Fsp3) is 0.529. The van der Waals surface area contributed by atoms with E-state index in [2.05, 4.69) is 0 Å². The number of benzene rings is 1. The molecule has 6 nitrogen and oxygen atoms in total. The molecule has 124 valence electrons. The molecule has 1 saturated carbocycles. The number of nitrogens with zero attached hydrogens (tertiary/aromatic N) is 1. The summed E-state index contributed by atoms with van der Waals surface area (Å²) >= 11 is 0. The molecule has 0 spiro atoms. The number of methoxy groups -OCH3 is 1. The molecule has 2 aliphatic rings. The van der Waals surface area contributed by atoms with Crippen LogP contribution in [-0.4, -0.2) is 52.8 Å². The van der Waals surface area contributed by atoms with Gasteiger partial charge in [0, 0.05) is 31.5 Å². The molecule has 1 aliphatic heterocycles. The van der Waals surface area contributed by atoms with E-state index in [-0.39, 0.29) is 31.8 Å². The predicted molar refractivity (Wildman–Crippen MR) is 82.3 cm³/mol. The highest BCUT2D eigenvalue weighted by molar-refractivity contribution is 5.92. The maximum absolute atomic E-state index is 13.0. The van der Waals surface area contributed by atoms with Crippen molar-refractivity contribution in [1.82, 2.24) is 4.90 Å². The smallest absolute Gasteiger partial charge is 0.335 e. The SMILES string of the molecule is COc1ccccc1C1(C(=O)N2CCC(O)(C(=O)O)CC2)CC1. The number of amides is 1. The molecule has 0 atom stereocenters. The summed E-state index contributed by atoms with van der Waals surface area (Å²) in [5.41, 5.74) is -1.37. The van der Waals surface area contributed by atoms with Crippen LogP contribution in [0.25, 0.3) is 0 Å². The van der Waals surface area contributed by atoms with E-state index < -0.39 is 17.0 Å². The zero-order valence-corrected chi connectivity index (χ0v) is 13.1. The first-order valence-electron chi connectivity index (χ1n) is 7.82. The van der Waals surface area contributed by atoms with Crippen LogP contribution in [0.2, 0.25) is 0 Å². The molecule has 3 rings (SSSR count). The van der Waals surface area contributed by atoms with Gasteiger partial charge in [0.1, 0.15) is 5.75 Å². The molecule has 0 radical (unpaired) electrons. The van der Waals surface area contributed by atoms with Gasteiger partial charge in [0.05, 0.1) is 12.5 Å². The highest BCUT2D eigenvalue weighted by Crippen LogP contribution is 2.52. The topological polar surface area (TPSA) is 87.1 Å². The lowest BCUT2D eigenvalue weighted by atomic mass is 9.88. The molecule has 1 amide bonds. The molecule has 2 fully saturated rings. The van der Waals surface area contributed by atoms with Crippen molar-refractivity contribution in [2.45, 2.75) is 36.7 Å². The van der Waals surface area contributed by atoms with E-state index in [0.29, 0.717) is 5.75 Å². The number of piperidine rings is 1. The van der Waals surface area contributed by atoms with Gasteiger partial charge in [-0.1, -0.05) is 18.2 Å². The fourth-order valence-electron chi connectivity index (χ4n) is 3.36. The number of ether oxygens (including phenoxy) is 1. The third kappa shape index (κ3) is 2.57. The minimum absolute atomic E-state index is 0.00874.